The van der Waals surface area contributed by atoms with Crippen LogP contribution in [-0.2, 0) is 0 Å². The summed E-state index contributed by atoms with van der Waals surface area (Å²) in [6, 6.07) is 0. The fourth-order valence-corrected chi connectivity index (χ4v) is 2.35. The maximum absolute atomic E-state index is 3.47. The van der Waals surface area contributed by atoms with E-state index in [9.17, 15) is 0 Å². The maximum Gasteiger partial charge on any atom is 0.0332 e. The molecule has 0 bridgehead atoms. The summed E-state index contributed by atoms with van der Waals surface area (Å²) >= 11 is 0. The first-order valence-electron chi connectivity index (χ1n) is 5.60. The van der Waals surface area contributed by atoms with Crippen LogP contribution in [0, 0.1) is 11.8 Å². The van der Waals surface area contributed by atoms with Gasteiger partial charge in [-0.3, -0.25) is 0 Å². The van der Waals surface area contributed by atoms with Crippen LogP contribution in [0.5, 0.6) is 0 Å². The highest BCUT2D eigenvalue weighted by molar-refractivity contribution is 5.37. The number of hydrogen-bond acceptors (Lipinski definition) is 1. The van der Waals surface area contributed by atoms with Gasteiger partial charge >= 0.3 is 0 Å². The van der Waals surface area contributed by atoms with Crippen molar-refractivity contribution >= 4 is 0 Å². The van der Waals surface area contributed by atoms with Crippen LogP contribution in [0.2, 0.25) is 0 Å². The summed E-state index contributed by atoms with van der Waals surface area (Å²) in [5, 5.41) is 3.47. The topological polar surface area (TPSA) is 12.0 Å². The lowest BCUT2D eigenvalue weighted by atomic mass is 9.95. The van der Waals surface area contributed by atoms with Gasteiger partial charge in [0, 0.05) is 12.2 Å². The number of nitrogens with one attached hydrogen (secondary N) is 1. The van der Waals surface area contributed by atoms with E-state index in [4.69, 9.17) is 0 Å². The number of allylic oxidation sites excluding steroid dienone is 3. The van der Waals surface area contributed by atoms with Crippen LogP contribution in [-0.4, -0.2) is 6.54 Å². The molecule has 0 aromatic rings. The zero-order valence-electron chi connectivity index (χ0n) is 8.64. The van der Waals surface area contributed by atoms with Crippen LogP contribution >= 0.6 is 0 Å². The molecule has 2 unspecified atom stereocenters. The molecule has 1 nitrogen and oxygen atoms in total. The lowest BCUT2D eigenvalue weighted by molar-refractivity contribution is 0.630. The minimum atomic E-state index is 0.925. The SMILES string of the molecule is C1=CC2CC2C2=C1NCCC2.CC. The fourth-order valence-electron chi connectivity index (χ4n) is 2.35. The predicted molar refractivity (Wildman–Crippen MR) is 56.3 cm³/mol. The predicted octanol–water partition coefficient (Wildman–Crippen LogP) is 2.86. The molecule has 0 aromatic heterocycles. The molecule has 0 spiro atoms. The largest absolute Gasteiger partial charge is 0.385 e. The van der Waals surface area contributed by atoms with Crippen molar-refractivity contribution in [3.63, 3.8) is 0 Å². The highest BCUT2D eigenvalue weighted by atomic mass is 14.9. The Morgan fingerprint density at radius 1 is 1.38 bits per heavy atom. The molecule has 3 aliphatic rings. The normalized spacial score (nSPS) is 33.7. The second kappa shape index (κ2) is 3.57. The number of fused-ring (bicyclic) bond motifs is 2. The molecule has 0 radical (unpaired) electrons. The highest BCUT2D eigenvalue weighted by Gasteiger charge is 2.41. The van der Waals surface area contributed by atoms with Crippen molar-refractivity contribution in [2.45, 2.75) is 33.1 Å². The van der Waals surface area contributed by atoms with Gasteiger partial charge in [0.1, 0.15) is 0 Å². The molecule has 1 heteroatoms. The second-order valence-corrected chi connectivity index (χ2v) is 3.83. The van der Waals surface area contributed by atoms with E-state index >= 15 is 0 Å². The Morgan fingerprint density at radius 2 is 2.23 bits per heavy atom. The molecule has 72 valence electrons. The van der Waals surface area contributed by atoms with Gasteiger partial charge in [-0.1, -0.05) is 19.9 Å². The van der Waals surface area contributed by atoms with E-state index in [1.165, 1.54) is 31.5 Å². The summed E-state index contributed by atoms with van der Waals surface area (Å²) in [4.78, 5) is 0. The van der Waals surface area contributed by atoms with Crippen molar-refractivity contribution in [1.82, 2.24) is 5.32 Å². The van der Waals surface area contributed by atoms with Crippen molar-refractivity contribution in [2.24, 2.45) is 11.8 Å². The Morgan fingerprint density at radius 3 is 3.08 bits per heavy atom. The molecular formula is C12H19N. The van der Waals surface area contributed by atoms with Gasteiger partial charge in [0.25, 0.3) is 0 Å². The number of hydrogen-bond donors (Lipinski definition) is 1. The second-order valence-electron chi connectivity index (χ2n) is 3.83. The minimum Gasteiger partial charge on any atom is -0.385 e. The number of rotatable bonds is 0. The first-order valence-corrected chi connectivity index (χ1v) is 5.60. The molecule has 1 saturated carbocycles. The van der Waals surface area contributed by atoms with Crippen LogP contribution in [0.25, 0.3) is 0 Å². The summed E-state index contributed by atoms with van der Waals surface area (Å²) in [6.45, 7) is 5.18. The van der Waals surface area contributed by atoms with Gasteiger partial charge in [0.15, 0.2) is 0 Å². The standard InChI is InChI=1S/C10H13N.C2H6/c1-2-8-9-6-7(9)3-4-10(8)11-5-1;1-2/h3-4,7,9,11H,1-2,5-6H2;1-2H3. The van der Waals surface area contributed by atoms with E-state index in [-0.39, 0.29) is 0 Å². The van der Waals surface area contributed by atoms with Crippen LogP contribution in [0.4, 0.5) is 0 Å². The fraction of sp³-hybridized carbons (Fsp3) is 0.667. The third-order valence-corrected chi connectivity index (χ3v) is 3.08. The van der Waals surface area contributed by atoms with E-state index in [1.807, 2.05) is 13.8 Å². The lowest BCUT2D eigenvalue weighted by Crippen LogP contribution is -2.22. The van der Waals surface area contributed by atoms with Gasteiger partial charge in [-0.25, -0.2) is 0 Å². The van der Waals surface area contributed by atoms with Crippen molar-refractivity contribution in [3.05, 3.63) is 23.4 Å². The average molecular weight is 177 g/mol. The monoisotopic (exact) mass is 177 g/mol. The van der Waals surface area contributed by atoms with Gasteiger partial charge in [0.05, 0.1) is 0 Å². The van der Waals surface area contributed by atoms with Crippen molar-refractivity contribution in [3.8, 4) is 0 Å². The van der Waals surface area contributed by atoms with E-state index < -0.39 is 0 Å². The summed E-state index contributed by atoms with van der Waals surface area (Å²) in [6.07, 6.45) is 8.80. The Balaban J connectivity index is 0.000000308. The summed E-state index contributed by atoms with van der Waals surface area (Å²) < 4.78 is 0. The Hall–Kier alpha value is -0.720. The molecule has 1 aliphatic heterocycles. The Bertz CT molecular complexity index is 250. The van der Waals surface area contributed by atoms with Crippen molar-refractivity contribution < 1.29 is 0 Å². The molecule has 0 saturated heterocycles. The molecule has 0 amide bonds. The third-order valence-electron chi connectivity index (χ3n) is 3.08. The smallest absolute Gasteiger partial charge is 0.0332 e. The Labute approximate surface area is 80.9 Å². The molecule has 2 aliphatic carbocycles. The Kier molecular flexibility index (Phi) is 2.43. The molecular weight excluding hydrogens is 158 g/mol. The van der Waals surface area contributed by atoms with Crippen LogP contribution in [0.3, 0.4) is 0 Å². The third kappa shape index (κ3) is 1.52. The quantitative estimate of drug-likeness (QED) is 0.600. The summed E-state index contributed by atoms with van der Waals surface area (Å²) in [7, 11) is 0. The highest BCUT2D eigenvalue weighted by Crippen LogP contribution is 2.50. The van der Waals surface area contributed by atoms with Crippen LogP contribution in [0.1, 0.15) is 33.1 Å². The average Bonchev–Trinajstić information content (AvgIpc) is 3.00. The van der Waals surface area contributed by atoms with E-state index in [2.05, 4.69) is 17.5 Å². The van der Waals surface area contributed by atoms with E-state index in [0.29, 0.717) is 0 Å². The van der Waals surface area contributed by atoms with Gasteiger partial charge in [-0.2, -0.15) is 0 Å². The molecule has 3 rings (SSSR count). The van der Waals surface area contributed by atoms with Crippen molar-refractivity contribution in [2.75, 3.05) is 6.54 Å². The van der Waals surface area contributed by atoms with Crippen LogP contribution in [0.15, 0.2) is 23.4 Å². The first-order chi connectivity index (χ1) is 6.45. The van der Waals surface area contributed by atoms with E-state index in [1.54, 1.807) is 5.57 Å². The van der Waals surface area contributed by atoms with Gasteiger partial charge in [-0.15, -0.1) is 0 Å². The minimum absolute atomic E-state index is 0.925. The molecule has 2 atom stereocenters. The van der Waals surface area contributed by atoms with Gasteiger partial charge < -0.3 is 5.32 Å². The summed E-state index contributed by atoms with van der Waals surface area (Å²) in [5.41, 5.74) is 3.18. The zero-order chi connectivity index (χ0) is 9.26. The maximum atomic E-state index is 3.47. The molecule has 1 fully saturated rings. The van der Waals surface area contributed by atoms with Gasteiger partial charge in [0.2, 0.25) is 0 Å². The van der Waals surface area contributed by atoms with Crippen molar-refractivity contribution in [1.29, 1.82) is 0 Å². The molecule has 1 heterocycles. The lowest BCUT2D eigenvalue weighted by Gasteiger charge is -2.22. The van der Waals surface area contributed by atoms with Crippen LogP contribution < -0.4 is 5.32 Å². The molecule has 13 heavy (non-hydrogen) atoms. The zero-order valence-corrected chi connectivity index (χ0v) is 8.64. The van der Waals surface area contributed by atoms with E-state index in [0.717, 1.165) is 11.8 Å². The summed E-state index contributed by atoms with van der Waals surface area (Å²) in [5.74, 6) is 1.87. The van der Waals surface area contributed by atoms with Gasteiger partial charge in [-0.05, 0) is 42.7 Å². The first kappa shape index (κ1) is 8.86. The molecule has 1 N–H and O–H groups in total. The molecule has 0 aromatic carbocycles.